The van der Waals surface area contributed by atoms with Gasteiger partial charge in [0, 0.05) is 10.9 Å². The number of nitrogens with one attached hydrogen (secondary N) is 2. The van der Waals surface area contributed by atoms with Crippen molar-refractivity contribution >= 4 is 34.4 Å². The van der Waals surface area contributed by atoms with E-state index in [1.165, 1.54) is 31.3 Å². The Labute approximate surface area is 171 Å². The van der Waals surface area contributed by atoms with E-state index in [2.05, 4.69) is 15.6 Å². The summed E-state index contributed by atoms with van der Waals surface area (Å²) in [6.45, 7) is 3.08. The molecule has 29 heavy (non-hydrogen) atoms. The molecule has 0 unspecified atom stereocenters. The molecule has 0 aliphatic rings. The van der Waals surface area contributed by atoms with E-state index in [9.17, 15) is 9.90 Å². The first-order valence-corrected chi connectivity index (χ1v) is 9.72. The third-order valence-electron chi connectivity index (χ3n) is 4.15. The molecule has 8 heteroatoms. The number of hydrogen-bond donors (Lipinski definition) is 3. The lowest BCUT2D eigenvalue weighted by Crippen LogP contribution is -2.20. The number of nitrogens with zero attached hydrogens (tertiary/aromatic N) is 2. The summed E-state index contributed by atoms with van der Waals surface area (Å²) in [6.07, 6.45) is 0.118. The molecule has 6 nitrogen and oxygen atoms in total. The van der Waals surface area contributed by atoms with Crippen molar-refractivity contribution in [1.29, 1.82) is 5.26 Å². The zero-order chi connectivity index (χ0) is 21.0. The van der Waals surface area contributed by atoms with Crippen molar-refractivity contribution in [3.8, 4) is 6.07 Å². The van der Waals surface area contributed by atoms with E-state index >= 15 is 4.39 Å². The fourth-order valence-corrected chi connectivity index (χ4v) is 3.39. The molecule has 0 bridgehead atoms. The average molecular weight is 410 g/mol. The van der Waals surface area contributed by atoms with Crippen LogP contribution in [0.2, 0.25) is 0 Å². The van der Waals surface area contributed by atoms with E-state index in [4.69, 9.17) is 5.26 Å². The number of amides is 1. The van der Waals surface area contributed by atoms with Crippen LogP contribution in [-0.2, 0) is 12.0 Å². The Morgan fingerprint density at radius 2 is 2.10 bits per heavy atom. The van der Waals surface area contributed by atoms with Crippen molar-refractivity contribution in [3.63, 3.8) is 0 Å². The monoisotopic (exact) mass is 410 g/mol. The molecule has 0 radical (unpaired) electrons. The smallest absolute Gasteiger partial charge is 0.256 e. The Morgan fingerprint density at radius 3 is 2.76 bits per heavy atom. The van der Waals surface area contributed by atoms with E-state index in [-0.39, 0.29) is 17.8 Å². The largest absolute Gasteiger partial charge is 0.386 e. The van der Waals surface area contributed by atoms with Crippen LogP contribution in [-0.4, -0.2) is 16.0 Å². The predicted molar refractivity (Wildman–Crippen MR) is 111 cm³/mol. The van der Waals surface area contributed by atoms with Gasteiger partial charge in [0.2, 0.25) is 0 Å². The Kier molecular flexibility index (Phi) is 5.92. The number of carbonyl (C=O) groups excluding carboxylic acids is 1. The van der Waals surface area contributed by atoms with Gasteiger partial charge in [-0.3, -0.25) is 4.79 Å². The lowest BCUT2D eigenvalue weighted by atomic mass is 9.95. The molecule has 0 fully saturated rings. The maximum Gasteiger partial charge on any atom is 0.256 e. The predicted octanol–water partition coefficient (Wildman–Crippen LogP) is 4.57. The molecule has 2 aromatic heterocycles. The Balaban J connectivity index is 2.00. The van der Waals surface area contributed by atoms with Gasteiger partial charge >= 0.3 is 0 Å². The molecule has 148 valence electrons. The summed E-state index contributed by atoms with van der Waals surface area (Å²) in [6, 6.07) is 11.6. The number of anilines is 3. The molecule has 0 aliphatic carbocycles. The standard InChI is InChI=1S/C21H19FN4O2S/c1-21(2,28)15-6-7-16(25-20(27)13-9-11-29-12-13)18(22)19(15)26-17-5-3-4-14(24-17)8-10-23/h3-7,9,11-12,28H,8H2,1-2H3,(H,24,26)(H,25,27). The van der Waals surface area contributed by atoms with Crippen molar-refractivity contribution in [3.05, 3.63) is 69.8 Å². The van der Waals surface area contributed by atoms with Gasteiger partial charge < -0.3 is 15.7 Å². The van der Waals surface area contributed by atoms with Crippen LogP contribution in [0.3, 0.4) is 0 Å². The number of thiophene rings is 1. The van der Waals surface area contributed by atoms with Crippen LogP contribution in [0.25, 0.3) is 0 Å². The maximum absolute atomic E-state index is 15.3. The van der Waals surface area contributed by atoms with Gasteiger partial charge in [-0.15, -0.1) is 0 Å². The number of carbonyl (C=O) groups is 1. The van der Waals surface area contributed by atoms with Crippen LogP contribution >= 0.6 is 11.3 Å². The minimum atomic E-state index is -1.34. The van der Waals surface area contributed by atoms with E-state index < -0.39 is 17.3 Å². The van der Waals surface area contributed by atoms with Gasteiger partial charge in [-0.05, 0) is 43.5 Å². The number of aliphatic hydroxyl groups is 1. The molecule has 1 amide bonds. The molecule has 0 aliphatic heterocycles. The molecule has 0 saturated carbocycles. The lowest BCUT2D eigenvalue weighted by Gasteiger charge is -2.24. The summed E-state index contributed by atoms with van der Waals surface area (Å²) in [7, 11) is 0. The van der Waals surface area contributed by atoms with Crippen molar-refractivity contribution < 1.29 is 14.3 Å². The minimum Gasteiger partial charge on any atom is -0.386 e. The van der Waals surface area contributed by atoms with Crippen LogP contribution < -0.4 is 10.6 Å². The highest BCUT2D eigenvalue weighted by atomic mass is 32.1. The highest BCUT2D eigenvalue weighted by molar-refractivity contribution is 7.08. The lowest BCUT2D eigenvalue weighted by molar-refractivity contribution is 0.0791. The molecule has 0 atom stereocenters. The molecule has 3 rings (SSSR count). The molecule has 0 saturated heterocycles. The van der Waals surface area contributed by atoms with Crippen LogP contribution in [0.15, 0.2) is 47.2 Å². The number of aromatic nitrogens is 1. The first-order valence-electron chi connectivity index (χ1n) is 8.78. The van der Waals surface area contributed by atoms with Crippen LogP contribution in [0.1, 0.15) is 35.5 Å². The Hall–Kier alpha value is -3.28. The summed E-state index contributed by atoms with van der Waals surface area (Å²) in [5.41, 5.74) is -0.0994. The molecule has 1 aromatic carbocycles. The fraction of sp³-hybridized carbons (Fsp3) is 0.190. The zero-order valence-corrected chi connectivity index (χ0v) is 16.7. The molecular formula is C21H19FN4O2S. The number of halogens is 1. The minimum absolute atomic E-state index is 0.00206. The van der Waals surface area contributed by atoms with Crippen molar-refractivity contribution in [2.75, 3.05) is 10.6 Å². The molecular weight excluding hydrogens is 391 g/mol. The fourth-order valence-electron chi connectivity index (χ4n) is 2.75. The number of benzene rings is 1. The summed E-state index contributed by atoms with van der Waals surface area (Å²) >= 11 is 1.37. The summed E-state index contributed by atoms with van der Waals surface area (Å²) in [5, 5.41) is 28.2. The number of pyridine rings is 1. The highest BCUT2D eigenvalue weighted by Crippen LogP contribution is 2.35. The Morgan fingerprint density at radius 1 is 1.31 bits per heavy atom. The third-order valence-corrected chi connectivity index (χ3v) is 4.84. The topological polar surface area (TPSA) is 98.0 Å². The van der Waals surface area contributed by atoms with Gasteiger partial charge in [0.05, 0.1) is 40.7 Å². The summed E-state index contributed by atoms with van der Waals surface area (Å²) in [4.78, 5) is 16.6. The van der Waals surface area contributed by atoms with Gasteiger partial charge in [0.25, 0.3) is 5.91 Å². The second-order valence-corrected chi connectivity index (χ2v) is 7.63. The van der Waals surface area contributed by atoms with Gasteiger partial charge in [0.15, 0.2) is 5.82 Å². The van der Waals surface area contributed by atoms with E-state index in [1.54, 1.807) is 41.1 Å². The Bertz CT molecular complexity index is 1070. The van der Waals surface area contributed by atoms with Crippen LogP contribution in [0.4, 0.5) is 21.6 Å². The zero-order valence-electron chi connectivity index (χ0n) is 15.9. The average Bonchev–Trinajstić information content (AvgIpc) is 3.19. The number of hydrogen-bond acceptors (Lipinski definition) is 6. The summed E-state index contributed by atoms with van der Waals surface area (Å²) < 4.78 is 15.3. The third kappa shape index (κ3) is 4.77. The SMILES string of the molecule is CC(C)(O)c1ccc(NC(=O)c2ccsc2)c(F)c1Nc1cccc(CC#N)n1. The van der Waals surface area contributed by atoms with Crippen LogP contribution in [0.5, 0.6) is 0 Å². The first-order chi connectivity index (χ1) is 13.8. The van der Waals surface area contributed by atoms with Crippen molar-refractivity contribution in [2.45, 2.75) is 25.9 Å². The molecule has 2 heterocycles. The molecule has 0 spiro atoms. The molecule has 3 aromatic rings. The number of rotatable bonds is 6. The van der Waals surface area contributed by atoms with E-state index in [1.807, 2.05) is 6.07 Å². The van der Waals surface area contributed by atoms with E-state index in [0.717, 1.165) is 0 Å². The van der Waals surface area contributed by atoms with Crippen LogP contribution in [0, 0.1) is 17.1 Å². The highest BCUT2D eigenvalue weighted by Gasteiger charge is 2.25. The van der Waals surface area contributed by atoms with Crippen molar-refractivity contribution in [1.82, 2.24) is 4.98 Å². The normalized spacial score (nSPS) is 11.0. The van der Waals surface area contributed by atoms with Gasteiger partial charge in [-0.25, -0.2) is 9.37 Å². The summed E-state index contributed by atoms with van der Waals surface area (Å²) in [5.74, 6) is -0.828. The van der Waals surface area contributed by atoms with Crippen molar-refractivity contribution in [2.24, 2.45) is 0 Å². The van der Waals surface area contributed by atoms with Gasteiger partial charge in [-0.1, -0.05) is 12.1 Å². The second kappa shape index (κ2) is 8.39. The van der Waals surface area contributed by atoms with Gasteiger partial charge in [0.1, 0.15) is 5.82 Å². The second-order valence-electron chi connectivity index (χ2n) is 6.85. The van der Waals surface area contributed by atoms with Gasteiger partial charge in [-0.2, -0.15) is 16.6 Å². The molecule has 3 N–H and O–H groups in total. The number of nitriles is 1. The van der Waals surface area contributed by atoms with E-state index in [0.29, 0.717) is 22.6 Å². The first kappa shape index (κ1) is 20.5. The quantitative estimate of drug-likeness (QED) is 0.553. The maximum atomic E-state index is 15.3.